The molecule has 2 aliphatic carbocycles. The average molecular weight is 464 g/mol. The minimum Gasteiger partial charge on any atom is -0.508 e. The number of likely N-dealkylation sites (tertiary alicyclic amines) is 1. The van der Waals surface area contributed by atoms with Gasteiger partial charge >= 0.3 is 11.9 Å². The van der Waals surface area contributed by atoms with Gasteiger partial charge in [-0.1, -0.05) is 39.2 Å². The highest BCUT2D eigenvalue weighted by molar-refractivity contribution is 5.83. The molecule has 8 heteroatoms. The van der Waals surface area contributed by atoms with E-state index in [1.54, 1.807) is 0 Å². The highest BCUT2D eigenvalue weighted by atomic mass is 16.4. The summed E-state index contributed by atoms with van der Waals surface area (Å²) in [5.41, 5.74) is 3.38. The van der Waals surface area contributed by atoms with E-state index < -0.39 is 24.1 Å². The Morgan fingerprint density at radius 2 is 1.79 bits per heavy atom. The average Bonchev–Trinajstić information content (AvgIpc) is 2.80. The predicted molar refractivity (Wildman–Crippen MR) is 122 cm³/mol. The summed E-state index contributed by atoms with van der Waals surface area (Å²) in [6.07, 6.45) is 4.72. The Balaban J connectivity index is 0.000000262. The highest BCUT2D eigenvalue weighted by Gasteiger charge is 2.53. The Morgan fingerprint density at radius 3 is 2.39 bits per heavy atom. The molecule has 0 spiro atoms. The lowest BCUT2D eigenvalue weighted by molar-refractivity contribution is -0.165. The number of aliphatic hydroxyl groups excluding tert-OH is 2. The first kappa shape index (κ1) is 25.5. The van der Waals surface area contributed by atoms with Crippen molar-refractivity contribution < 1.29 is 35.1 Å². The summed E-state index contributed by atoms with van der Waals surface area (Å²) in [7, 11) is 0. The van der Waals surface area contributed by atoms with Crippen LogP contribution in [-0.2, 0) is 21.4 Å². The second-order valence-electron chi connectivity index (χ2n) is 9.95. The van der Waals surface area contributed by atoms with Gasteiger partial charge in [0.05, 0.1) is 0 Å². The monoisotopic (exact) mass is 463 g/mol. The third-order valence-corrected chi connectivity index (χ3v) is 7.98. The molecule has 184 valence electrons. The Bertz CT molecular complexity index is 841. The highest BCUT2D eigenvalue weighted by Crippen LogP contribution is 2.56. The second kappa shape index (κ2) is 10.4. The molecule has 4 rings (SSSR count). The summed E-state index contributed by atoms with van der Waals surface area (Å²) in [5, 5.41) is 42.6. The molecule has 1 saturated heterocycles. The van der Waals surface area contributed by atoms with E-state index in [1.165, 1.54) is 69.2 Å². The van der Waals surface area contributed by atoms with Crippen LogP contribution < -0.4 is 0 Å². The molecule has 1 saturated carbocycles. The molecule has 1 aromatic carbocycles. The van der Waals surface area contributed by atoms with Crippen molar-refractivity contribution in [1.82, 2.24) is 4.90 Å². The minimum atomic E-state index is -2.27. The molecule has 1 aromatic rings. The van der Waals surface area contributed by atoms with Gasteiger partial charge in [0.2, 0.25) is 0 Å². The molecule has 0 amide bonds. The van der Waals surface area contributed by atoms with E-state index in [-0.39, 0.29) is 0 Å². The van der Waals surface area contributed by atoms with E-state index in [2.05, 4.69) is 30.9 Å². The van der Waals surface area contributed by atoms with Crippen LogP contribution in [0.1, 0.15) is 63.5 Å². The van der Waals surface area contributed by atoms with Crippen LogP contribution in [0.15, 0.2) is 18.2 Å². The molecule has 5 N–H and O–H groups in total. The zero-order chi connectivity index (χ0) is 24.3. The van der Waals surface area contributed by atoms with Gasteiger partial charge in [-0.05, 0) is 67.3 Å². The summed E-state index contributed by atoms with van der Waals surface area (Å²) in [4.78, 5) is 22.4. The molecule has 3 aliphatic rings. The van der Waals surface area contributed by atoms with Crippen LogP contribution in [0.25, 0.3) is 0 Å². The van der Waals surface area contributed by atoms with Gasteiger partial charge in [0.25, 0.3) is 0 Å². The van der Waals surface area contributed by atoms with Crippen molar-refractivity contribution in [2.75, 3.05) is 13.1 Å². The van der Waals surface area contributed by atoms with Crippen molar-refractivity contribution in [2.24, 2.45) is 11.8 Å². The van der Waals surface area contributed by atoms with Crippen LogP contribution in [0.4, 0.5) is 0 Å². The number of rotatable bonds is 6. The molecule has 8 nitrogen and oxygen atoms in total. The summed E-state index contributed by atoms with van der Waals surface area (Å²) in [6.45, 7) is 7.23. The van der Waals surface area contributed by atoms with Gasteiger partial charge in [0.1, 0.15) is 5.75 Å². The lowest BCUT2D eigenvalue weighted by Gasteiger charge is -2.59. The van der Waals surface area contributed by atoms with Gasteiger partial charge in [-0.2, -0.15) is 0 Å². The first-order chi connectivity index (χ1) is 15.6. The number of hydrogen-bond donors (Lipinski definition) is 5. The molecular weight excluding hydrogens is 426 g/mol. The Hall–Kier alpha value is -2.16. The number of benzene rings is 1. The molecule has 1 unspecified atom stereocenters. The van der Waals surface area contributed by atoms with E-state index in [4.69, 9.17) is 20.4 Å². The van der Waals surface area contributed by atoms with Crippen LogP contribution >= 0.6 is 0 Å². The SMILES string of the molecule is CCC(C)CN1CC[C@@]23CCCC[C@H]2[C@@H]1Cc1ccc(O)cc13.O=C(O)[C@H](O)[C@@H](O)C(=O)O. The fourth-order valence-corrected chi connectivity index (χ4v) is 6.10. The molecular formula is C25H37NO7. The number of carboxylic acid groups (broad SMARTS) is 2. The van der Waals surface area contributed by atoms with E-state index in [0.29, 0.717) is 11.2 Å². The zero-order valence-corrected chi connectivity index (χ0v) is 19.5. The largest absolute Gasteiger partial charge is 0.508 e. The maximum atomic E-state index is 10.1. The number of phenols is 1. The molecule has 2 bridgehead atoms. The number of carbonyl (C=O) groups is 2. The number of aliphatic hydroxyl groups is 2. The minimum absolute atomic E-state index is 0.362. The number of phenolic OH excluding ortho intramolecular Hbond substituents is 1. The van der Waals surface area contributed by atoms with Gasteiger partial charge in [0, 0.05) is 18.0 Å². The van der Waals surface area contributed by atoms with E-state index in [9.17, 15) is 14.7 Å². The van der Waals surface area contributed by atoms with Crippen molar-refractivity contribution in [1.29, 1.82) is 0 Å². The first-order valence-electron chi connectivity index (χ1n) is 12.0. The van der Waals surface area contributed by atoms with Crippen LogP contribution in [0.2, 0.25) is 0 Å². The van der Waals surface area contributed by atoms with Crippen LogP contribution in [0.5, 0.6) is 5.75 Å². The van der Waals surface area contributed by atoms with Crippen molar-refractivity contribution >= 4 is 11.9 Å². The Kier molecular flexibility index (Phi) is 8.03. The first-order valence-corrected chi connectivity index (χ1v) is 12.0. The van der Waals surface area contributed by atoms with Gasteiger partial charge in [0.15, 0.2) is 12.2 Å². The van der Waals surface area contributed by atoms with E-state index in [0.717, 1.165) is 17.9 Å². The molecule has 1 heterocycles. The number of piperidine rings is 1. The van der Waals surface area contributed by atoms with E-state index in [1.807, 2.05) is 6.07 Å². The number of hydrogen-bond acceptors (Lipinski definition) is 6. The topological polar surface area (TPSA) is 139 Å². The zero-order valence-electron chi connectivity index (χ0n) is 19.5. The number of nitrogens with zero attached hydrogens (tertiary/aromatic N) is 1. The Labute approximate surface area is 194 Å². The predicted octanol–water partition coefficient (Wildman–Crippen LogP) is 2.37. The third kappa shape index (κ3) is 5.18. The van der Waals surface area contributed by atoms with Crippen LogP contribution in [0.3, 0.4) is 0 Å². The molecule has 6 atom stereocenters. The molecule has 2 fully saturated rings. The fraction of sp³-hybridized carbons (Fsp3) is 0.680. The van der Waals surface area contributed by atoms with Gasteiger partial charge < -0.3 is 25.5 Å². The van der Waals surface area contributed by atoms with Gasteiger partial charge in [-0.15, -0.1) is 0 Å². The van der Waals surface area contributed by atoms with Crippen molar-refractivity contribution in [2.45, 2.75) is 82.5 Å². The maximum Gasteiger partial charge on any atom is 0.335 e. The lowest BCUT2D eigenvalue weighted by Crippen LogP contribution is -2.61. The van der Waals surface area contributed by atoms with Crippen LogP contribution in [-0.4, -0.2) is 73.7 Å². The molecule has 0 aromatic heterocycles. The Morgan fingerprint density at radius 1 is 1.12 bits per heavy atom. The number of aromatic hydroxyl groups is 1. The summed E-state index contributed by atoms with van der Waals surface area (Å²) < 4.78 is 0. The van der Waals surface area contributed by atoms with Crippen LogP contribution in [0, 0.1) is 11.8 Å². The second-order valence-corrected chi connectivity index (χ2v) is 9.95. The standard InChI is InChI=1S/C21H31NO.C4H6O6/c1-3-15(2)14-22-11-10-21-9-5-4-6-18(21)20(22)12-16-7-8-17(23)13-19(16)21;5-1(3(7)8)2(6)4(9)10/h7-8,13,15,18,20,23H,3-6,9-12,14H2,1-2H3;1-2,5-6H,(H,7,8)(H,9,10)/t15?,18-,20-,21-;1-,2-/m01/s1. The molecule has 33 heavy (non-hydrogen) atoms. The molecule has 0 radical (unpaired) electrons. The van der Waals surface area contributed by atoms with Crippen molar-refractivity contribution in [3.05, 3.63) is 29.3 Å². The fourth-order valence-electron chi connectivity index (χ4n) is 6.10. The normalized spacial score (nSPS) is 28.8. The third-order valence-electron chi connectivity index (χ3n) is 7.98. The lowest BCUT2D eigenvalue weighted by atomic mass is 9.52. The maximum absolute atomic E-state index is 10.1. The van der Waals surface area contributed by atoms with Crippen molar-refractivity contribution in [3.8, 4) is 5.75 Å². The summed E-state index contributed by atoms with van der Waals surface area (Å²) in [5.74, 6) is -1.47. The number of aliphatic carboxylic acids is 2. The molecule has 1 aliphatic heterocycles. The quantitative estimate of drug-likeness (QED) is 0.433. The van der Waals surface area contributed by atoms with Gasteiger partial charge in [-0.25, -0.2) is 9.59 Å². The van der Waals surface area contributed by atoms with Crippen molar-refractivity contribution in [3.63, 3.8) is 0 Å². The number of fused-ring (bicyclic) bond motifs is 1. The van der Waals surface area contributed by atoms with E-state index >= 15 is 0 Å². The summed E-state index contributed by atoms with van der Waals surface area (Å²) in [6, 6.07) is 6.94. The summed E-state index contributed by atoms with van der Waals surface area (Å²) >= 11 is 0. The number of carboxylic acids is 2. The smallest absolute Gasteiger partial charge is 0.335 e. The van der Waals surface area contributed by atoms with Gasteiger partial charge in [-0.3, -0.25) is 4.90 Å².